The third-order valence-electron chi connectivity index (χ3n) is 5.36. The number of ether oxygens (including phenoxy) is 1. The molecule has 31 heavy (non-hydrogen) atoms. The van der Waals surface area contributed by atoms with E-state index in [0.717, 1.165) is 48.9 Å². The summed E-state index contributed by atoms with van der Waals surface area (Å²) >= 11 is 6.29. The van der Waals surface area contributed by atoms with E-state index in [1.165, 1.54) is 0 Å². The maximum Gasteiger partial charge on any atom is 0.137 e. The van der Waals surface area contributed by atoms with Crippen molar-refractivity contribution in [3.05, 3.63) is 28.8 Å². The van der Waals surface area contributed by atoms with Gasteiger partial charge in [-0.3, -0.25) is 15.0 Å². The number of nitrogens with one attached hydrogen (secondary N) is 2. The summed E-state index contributed by atoms with van der Waals surface area (Å²) in [6, 6.07) is 5.78. The summed E-state index contributed by atoms with van der Waals surface area (Å²) in [6.07, 6.45) is 1.99. The number of methoxy groups -OCH3 is 1. The molecule has 0 bridgehead atoms. The quantitative estimate of drug-likeness (QED) is 0.538. The number of aliphatic imine (C=N–C) groups is 2. The van der Waals surface area contributed by atoms with Gasteiger partial charge in [0, 0.05) is 20.1 Å². The molecule has 0 fully saturated rings. The summed E-state index contributed by atoms with van der Waals surface area (Å²) in [5.41, 5.74) is 2.16. The Bertz CT molecular complexity index is 852. The van der Waals surface area contributed by atoms with Gasteiger partial charge in [0.1, 0.15) is 29.5 Å². The maximum atomic E-state index is 6.29. The zero-order chi connectivity index (χ0) is 22.4. The van der Waals surface area contributed by atoms with Crippen molar-refractivity contribution in [2.24, 2.45) is 15.1 Å². The Morgan fingerprint density at radius 2 is 2.16 bits per heavy atom. The molecule has 3 rings (SSSR count). The van der Waals surface area contributed by atoms with Crippen LogP contribution in [0.4, 0.5) is 0 Å². The number of hydrogen-bond acceptors (Lipinski definition) is 7. The number of nitrogens with zero attached hydrogens (tertiary/aromatic N) is 5. The van der Waals surface area contributed by atoms with E-state index in [-0.39, 0.29) is 12.1 Å². The lowest BCUT2D eigenvalue weighted by Crippen LogP contribution is -2.56. The van der Waals surface area contributed by atoms with E-state index in [9.17, 15) is 0 Å². The molecule has 1 aromatic rings. The van der Waals surface area contributed by atoms with Crippen molar-refractivity contribution in [2.75, 3.05) is 47.9 Å². The van der Waals surface area contributed by atoms with Gasteiger partial charge in [-0.25, -0.2) is 0 Å². The molecule has 0 spiro atoms. The minimum Gasteiger partial charge on any atom is -0.495 e. The van der Waals surface area contributed by atoms with Gasteiger partial charge in [-0.15, -0.1) is 0 Å². The third kappa shape index (κ3) is 5.96. The van der Waals surface area contributed by atoms with Crippen molar-refractivity contribution in [1.29, 1.82) is 0 Å². The van der Waals surface area contributed by atoms with Crippen LogP contribution in [0.5, 0.6) is 5.75 Å². The first-order chi connectivity index (χ1) is 14.9. The van der Waals surface area contributed by atoms with Crippen LogP contribution in [0.2, 0.25) is 5.02 Å². The largest absolute Gasteiger partial charge is 0.495 e. The fourth-order valence-corrected chi connectivity index (χ4v) is 4.06. The fourth-order valence-electron chi connectivity index (χ4n) is 3.78. The number of hydrazone groups is 1. The van der Waals surface area contributed by atoms with Crippen molar-refractivity contribution in [1.82, 2.24) is 20.5 Å². The Balaban J connectivity index is 1.77. The van der Waals surface area contributed by atoms with Gasteiger partial charge in [0.25, 0.3) is 0 Å². The molecule has 8 nitrogen and oxygen atoms in total. The Kier molecular flexibility index (Phi) is 8.28. The van der Waals surface area contributed by atoms with E-state index < -0.39 is 0 Å². The first kappa shape index (κ1) is 23.5. The lowest BCUT2D eigenvalue weighted by Gasteiger charge is -2.31. The molecular formula is C22H34ClN7O. The second-order valence-corrected chi connectivity index (χ2v) is 8.56. The summed E-state index contributed by atoms with van der Waals surface area (Å²) in [5.74, 6) is 2.47. The summed E-state index contributed by atoms with van der Waals surface area (Å²) < 4.78 is 5.25. The van der Waals surface area contributed by atoms with Gasteiger partial charge in [0.2, 0.25) is 0 Å². The van der Waals surface area contributed by atoms with Crippen molar-refractivity contribution >= 4 is 29.0 Å². The van der Waals surface area contributed by atoms with Crippen LogP contribution in [-0.2, 0) is 6.54 Å². The van der Waals surface area contributed by atoms with Crippen molar-refractivity contribution in [3.8, 4) is 5.75 Å². The third-order valence-corrected chi connectivity index (χ3v) is 5.65. The highest BCUT2D eigenvalue weighted by Crippen LogP contribution is 2.26. The Morgan fingerprint density at radius 3 is 2.84 bits per heavy atom. The second kappa shape index (κ2) is 10.9. The first-order valence-electron chi connectivity index (χ1n) is 10.8. The predicted octanol–water partition coefficient (Wildman–Crippen LogP) is 2.24. The summed E-state index contributed by atoms with van der Waals surface area (Å²) in [4.78, 5) is 12.1. The van der Waals surface area contributed by atoms with Crippen LogP contribution in [0.1, 0.15) is 25.3 Å². The fraction of sp³-hybridized carbons (Fsp3) is 0.591. The second-order valence-electron chi connectivity index (χ2n) is 8.16. The van der Waals surface area contributed by atoms with Crippen LogP contribution in [0.15, 0.2) is 33.3 Å². The molecule has 9 heteroatoms. The molecule has 0 amide bonds. The van der Waals surface area contributed by atoms with Gasteiger partial charge >= 0.3 is 0 Å². The highest BCUT2D eigenvalue weighted by atomic mass is 35.5. The lowest BCUT2D eigenvalue weighted by atomic mass is 9.99. The van der Waals surface area contributed by atoms with Crippen molar-refractivity contribution in [3.63, 3.8) is 0 Å². The molecule has 1 aromatic carbocycles. The molecule has 2 unspecified atom stereocenters. The SMILES string of the molecule is CCCC1=NN(C)C2C(=NCc3ccc(OC)c(Cl)c3)NC(CNCCN(C)C)=NC12. The molecule has 170 valence electrons. The molecule has 0 saturated carbocycles. The van der Waals surface area contributed by atoms with E-state index in [1.54, 1.807) is 7.11 Å². The smallest absolute Gasteiger partial charge is 0.137 e. The number of likely N-dealkylation sites (N-methyl/N-ethyl adjacent to an activating group) is 2. The van der Waals surface area contributed by atoms with Crippen molar-refractivity contribution in [2.45, 2.75) is 38.4 Å². The highest BCUT2D eigenvalue weighted by molar-refractivity contribution is 6.32. The van der Waals surface area contributed by atoms with E-state index in [2.05, 4.69) is 36.6 Å². The highest BCUT2D eigenvalue weighted by Gasteiger charge is 2.41. The number of benzene rings is 1. The molecule has 2 atom stereocenters. The number of halogens is 1. The molecular weight excluding hydrogens is 414 g/mol. The van der Waals surface area contributed by atoms with Crippen LogP contribution < -0.4 is 15.4 Å². The first-order valence-corrected chi connectivity index (χ1v) is 11.2. The monoisotopic (exact) mass is 447 g/mol. The van der Waals surface area contributed by atoms with Gasteiger partial charge < -0.3 is 20.3 Å². The molecule has 2 N–H and O–H groups in total. The normalized spacial score (nSPS) is 21.8. The van der Waals surface area contributed by atoms with Gasteiger partial charge in [-0.1, -0.05) is 31.0 Å². The maximum absolute atomic E-state index is 6.29. The average molecular weight is 448 g/mol. The summed E-state index contributed by atoms with van der Waals surface area (Å²) in [7, 11) is 7.75. The summed E-state index contributed by atoms with van der Waals surface area (Å²) in [6.45, 7) is 5.24. The minimum atomic E-state index is 0.000737. The molecule has 2 heterocycles. The van der Waals surface area contributed by atoms with Crippen LogP contribution >= 0.6 is 11.6 Å². The molecule has 2 aliphatic heterocycles. The molecule has 0 radical (unpaired) electrons. The van der Waals surface area contributed by atoms with Crippen molar-refractivity contribution < 1.29 is 4.74 Å². The Morgan fingerprint density at radius 1 is 1.35 bits per heavy atom. The molecule has 0 saturated heterocycles. The molecule has 0 aliphatic carbocycles. The van der Waals surface area contributed by atoms with Crippen LogP contribution in [0, 0.1) is 0 Å². The molecule has 2 aliphatic rings. The van der Waals surface area contributed by atoms with Crippen LogP contribution in [0.3, 0.4) is 0 Å². The average Bonchev–Trinajstić information content (AvgIpc) is 3.05. The van der Waals surface area contributed by atoms with Gasteiger partial charge in [-0.05, 0) is 38.2 Å². The number of fused-ring (bicyclic) bond motifs is 1. The topological polar surface area (TPSA) is 76.8 Å². The Labute approximate surface area is 190 Å². The predicted molar refractivity (Wildman–Crippen MR) is 129 cm³/mol. The van der Waals surface area contributed by atoms with Gasteiger partial charge in [-0.2, -0.15) is 5.10 Å². The zero-order valence-electron chi connectivity index (χ0n) is 19.2. The summed E-state index contributed by atoms with van der Waals surface area (Å²) in [5, 5.41) is 14.3. The van der Waals surface area contributed by atoms with E-state index in [1.807, 2.05) is 30.3 Å². The van der Waals surface area contributed by atoms with E-state index in [0.29, 0.717) is 23.9 Å². The van der Waals surface area contributed by atoms with Crippen LogP contribution in [0.25, 0.3) is 0 Å². The van der Waals surface area contributed by atoms with Gasteiger partial charge in [0.15, 0.2) is 0 Å². The minimum absolute atomic E-state index is 0.000737. The van der Waals surface area contributed by atoms with E-state index in [4.69, 9.17) is 31.4 Å². The van der Waals surface area contributed by atoms with Crippen LogP contribution in [-0.4, -0.2) is 87.3 Å². The standard InChI is InChI=1S/C22H34ClN7O/c1-6-7-17-20-21(30(4)28-17)22(27-19(26-20)14-24-10-11-29(2)3)25-13-15-8-9-18(31-5)16(23)12-15/h8-9,12,20-21,24H,6-7,10-11,13-14H2,1-5H3,(H,25,26,27). The number of amidine groups is 2. The van der Waals surface area contributed by atoms with Gasteiger partial charge in [0.05, 0.1) is 30.9 Å². The van der Waals surface area contributed by atoms with E-state index >= 15 is 0 Å². The number of hydrogen-bond donors (Lipinski definition) is 2. The zero-order valence-corrected chi connectivity index (χ0v) is 19.9. The Hall–Kier alpha value is -2.16. The lowest BCUT2D eigenvalue weighted by molar-refractivity contribution is 0.326. The number of rotatable bonds is 10. The molecule has 0 aromatic heterocycles.